The summed E-state index contributed by atoms with van der Waals surface area (Å²) in [5.41, 5.74) is 0.634. The Balaban J connectivity index is 2.41. The SMILES string of the molecule is CC(C#N)CN(C)S(=O)(=O)c1ccc2nc(Cl)ccc2c1. The summed E-state index contributed by atoms with van der Waals surface area (Å²) in [5.74, 6) is -0.370. The molecule has 1 heterocycles. The molecule has 1 aromatic heterocycles. The topological polar surface area (TPSA) is 74.1 Å². The van der Waals surface area contributed by atoms with E-state index in [9.17, 15) is 8.42 Å². The molecule has 1 aromatic carbocycles. The normalized spacial score (nSPS) is 13.3. The minimum absolute atomic E-state index is 0.149. The molecule has 7 heteroatoms. The van der Waals surface area contributed by atoms with E-state index in [1.807, 2.05) is 6.07 Å². The Morgan fingerprint density at radius 2 is 2.10 bits per heavy atom. The summed E-state index contributed by atoms with van der Waals surface area (Å²) in [4.78, 5) is 4.29. The molecule has 1 atom stereocenters. The quantitative estimate of drug-likeness (QED) is 0.811. The lowest BCUT2D eigenvalue weighted by Gasteiger charge is -2.18. The van der Waals surface area contributed by atoms with E-state index in [2.05, 4.69) is 4.98 Å². The van der Waals surface area contributed by atoms with Gasteiger partial charge in [0.05, 0.1) is 22.4 Å². The van der Waals surface area contributed by atoms with Gasteiger partial charge < -0.3 is 0 Å². The summed E-state index contributed by atoms with van der Waals surface area (Å²) in [6.07, 6.45) is 0. The van der Waals surface area contributed by atoms with Crippen LogP contribution in [0.25, 0.3) is 10.9 Å². The first-order valence-corrected chi connectivity index (χ1v) is 8.08. The number of aromatic nitrogens is 1. The van der Waals surface area contributed by atoms with Crippen molar-refractivity contribution in [2.45, 2.75) is 11.8 Å². The summed E-state index contributed by atoms with van der Waals surface area (Å²) in [5, 5.41) is 9.85. The van der Waals surface area contributed by atoms with Crippen molar-refractivity contribution >= 4 is 32.5 Å². The Kier molecular flexibility index (Phi) is 4.47. The Labute approximate surface area is 128 Å². The van der Waals surface area contributed by atoms with Crippen LogP contribution in [-0.4, -0.2) is 31.3 Å². The van der Waals surface area contributed by atoms with Crippen molar-refractivity contribution in [1.82, 2.24) is 9.29 Å². The lowest BCUT2D eigenvalue weighted by molar-refractivity contribution is 0.439. The molecule has 21 heavy (non-hydrogen) atoms. The molecule has 110 valence electrons. The van der Waals surface area contributed by atoms with E-state index in [0.717, 1.165) is 0 Å². The Morgan fingerprint density at radius 3 is 2.76 bits per heavy atom. The first-order chi connectivity index (χ1) is 9.84. The molecule has 0 amide bonds. The van der Waals surface area contributed by atoms with Crippen LogP contribution in [0.3, 0.4) is 0 Å². The Hall–Kier alpha value is -1.68. The highest BCUT2D eigenvalue weighted by molar-refractivity contribution is 7.89. The van der Waals surface area contributed by atoms with E-state index in [1.165, 1.54) is 17.4 Å². The van der Waals surface area contributed by atoms with Gasteiger partial charge in [0.25, 0.3) is 0 Å². The third kappa shape index (κ3) is 3.32. The predicted molar refractivity (Wildman–Crippen MR) is 81.3 cm³/mol. The number of hydrogen-bond donors (Lipinski definition) is 0. The molecular formula is C14H14ClN3O2S. The van der Waals surface area contributed by atoms with Gasteiger partial charge in [-0.05, 0) is 37.3 Å². The van der Waals surface area contributed by atoms with Crippen LogP contribution in [0.5, 0.6) is 0 Å². The number of halogens is 1. The number of rotatable bonds is 4. The largest absolute Gasteiger partial charge is 0.242 e. The number of nitriles is 1. The van der Waals surface area contributed by atoms with Crippen LogP contribution >= 0.6 is 11.6 Å². The predicted octanol–water partition coefficient (Wildman–Crippen LogP) is 2.67. The fourth-order valence-corrected chi connectivity index (χ4v) is 3.39. The molecule has 2 rings (SSSR count). The number of benzene rings is 1. The number of fused-ring (bicyclic) bond motifs is 1. The second-order valence-corrected chi connectivity index (χ2v) is 7.24. The van der Waals surface area contributed by atoms with Crippen molar-refractivity contribution in [1.29, 1.82) is 5.26 Å². The number of nitrogens with zero attached hydrogens (tertiary/aromatic N) is 3. The van der Waals surface area contributed by atoms with Gasteiger partial charge in [0.2, 0.25) is 10.0 Å². The molecule has 5 nitrogen and oxygen atoms in total. The summed E-state index contributed by atoms with van der Waals surface area (Å²) < 4.78 is 26.1. The summed E-state index contributed by atoms with van der Waals surface area (Å²) in [6, 6.07) is 10.0. The van der Waals surface area contributed by atoms with Gasteiger partial charge in [-0.15, -0.1) is 0 Å². The van der Waals surface area contributed by atoms with Crippen molar-refractivity contribution in [2.24, 2.45) is 5.92 Å². The van der Waals surface area contributed by atoms with Crippen molar-refractivity contribution in [3.05, 3.63) is 35.5 Å². The fourth-order valence-electron chi connectivity index (χ4n) is 1.94. The van der Waals surface area contributed by atoms with E-state index in [-0.39, 0.29) is 17.4 Å². The van der Waals surface area contributed by atoms with Crippen LogP contribution in [0.4, 0.5) is 0 Å². The number of sulfonamides is 1. The molecule has 0 saturated heterocycles. The number of hydrogen-bond acceptors (Lipinski definition) is 4. The molecule has 0 N–H and O–H groups in total. The highest BCUT2D eigenvalue weighted by Gasteiger charge is 2.22. The van der Waals surface area contributed by atoms with E-state index < -0.39 is 10.0 Å². The monoisotopic (exact) mass is 323 g/mol. The highest BCUT2D eigenvalue weighted by Crippen LogP contribution is 2.22. The van der Waals surface area contributed by atoms with Gasteiger partial charge in [0.1, 0.15) is 5.15 Å². The zero-order valence-corrected chi connectivity index (χ0v) is 13.2. The molecule has 0 aliphatic carbocycles. The molecule has 0 aliphatic heterocycles. The lowest BCUT2D eigenvalue weighted by Crippen LogP contribution is -2.30. The van der Waals surface area contributed by atoms with Gasteiger partial charge in [-0.2, -0.15) is 9.57 Å². The molecule has 0 spiro atoms. The Bertz CT molecular complexity index is 815. The summed E-state index contributed by atoms with van der Waals surface area (Å²) in [7, 11) is -2.16. The maximum Gasteiger partial charge on any atom is 0.242 e. The number of pyridine rings is 1. The molecule has 0 saturated carbocycles. The van der Waals surface area contributed by atoms with E-state index in [0.29, 0.717) is 16.1 Å². The van der Waals surface area contributed by atoms with Crippen molar-refractivity contribution in [2.75, 3.05) is 13.6 Å². The van der Waals surface area contributed by atoms with Gasteiger partial charge >= 0.3 is 0 Å². The molecule has 0 fully saturated rings. The third-order valence-corrected chi connectivity index (χ3v) is 5.12. The molecule has 2 aromatic rings. The highest BCUT2D eigenvalue weighted by atomic mass is 35.5. The second-order valence-electron chi connectivity index (χ2n) is 4.80. The minimum atomic E-state index is -3.62. The van der Waals surface area contributed by atoms with Gasteiger partial charge in [-0.1, -0.05) is 11.6 Å². The average molecular weight is 324 g/mol. The van der Waals surface area contributed by atoms with Crippen LogP contribution in [0.15, 0.2) is 35.2 Å². The standard InChI is InChI=1S/C14H14ClN3O2S/c1-10(8-16)9-18(2)21(19,20)12-4-5-13-11(7-12)3-6-14(15)17-13/h3-7,10H,9H2,1-2H3. The summed E-state index contributed by atoms with van der Waals surface area (Å²) in [6.45, 7) is 1.83. The molecule has 0 bridgehead atoms. The second kappa shape index (κ2) is 5.98. The molecule has 0 aliphatic rings. The first kappa shape index (κ1) is 15.7. The summed E-state index contributed by atoms with van der Waals surface area (Å²) >= 11 is 5.80. The van der Waals surface area contributed by atoms with Crippen LogP contribution < -0.4 is 0 Å². The average Bonchev–Trinajstić information content (AvgIpc) is 2.46. The van der Waals surface area contributed by atoms with Crippen molar-refractivity contribution < 1.29 is 8.42 Å². The fraction of sp³-hybridized carbons (Fsp3) is 0.286. The molecular weight excluding hydrogens is 310 g/mol. The smallest absolute Gasteiger partial charge is 0.236 e. The minimum Gasteiger partial charge on any atom is -0.236 e. The van der Waals surface area contributed by atoms with E-state index in [4.69, 9.17) is 16.9 Å². The van der Waals surface area contributed by atoms with Gasteiger partial charge in [-0.25, -0.2) is 13.4 Å². The maximum atomic E-state index is 12.5. The third-order valence-electron chi connectivity index (χ3n) is 3.09. The molecule has 0 radical (unpaired) electrons. The van der Waals surface area contributed by atoms with Gasteiger partial charge in [-0.3, -0.25) is 0 Å². The van der Waals surface area contributed by atoms with E-state index >= 15 is 0 Å². The maximum absolute atomic E-state index is 12.5. The van der Waals surface area contributed by atoms with Crippen LogP contribution in [0, 0.1) is 17.2 Å². The molecule has 1 unspecified atom stereocenters. The van der Waals surface area contributed by atoms with Crippen LogP contribution in [-0.2, 0) is 10.0 Å². The van der Waals surface area contributed by atoms with Gasteiger partial charge in [0.15, 0.2) is 0 Å². The Morgan fingerprint density at radius 1 is 1.38 bits per heavy atom. The van der Waals surface area contributed by atoms with Crippen LogP contribution in [0.1, 0.15) is 6.92 Å². The first-order valence-electron chi connectivity index (χ1n) is 6.27. The van der Waals surface area contributed by atoms with Crippen molar-refractivity contribution in [3.8, 4) is 6.07 Å². The van der Waals surface area contributed by atoms with Crippen LogP contribution in [0.2, 0.25) is 5.15 Å². The van der Waals surface area contributed by atoms with Gasteiger partial charge in [0, 0.05) is 19.0 Å². The van der Waals surface area contributed by atoms with E-state index in [1.54, 1.807) is 31.2 Å². The zero-order chi connectivity index (χ0) is 15.6. The lowest BCUT2D eigenvalue weighted by atomic mass is 10.2. The van der Waals surface area contributed by atoms with Crippen molar-refractivity contribution in [3.63, 3.8) is 0 Å². The zero-order valence-electron chi connectivity index (χ0n) is 11.6.